The fourth-order valence-corrected chi connectivity index (χ4v) is 3.85. The van der Waals surface area contributed by atoms with E-state index in [2.05, 4.69) is 40.2 Å². The molecular weight excluding hydrogens is 276 g/mol. The summed E-state index contributed by atoms with van der Waals surface area (Å²) in [6.07, 6.45) is 4.35. The van der Waals surface area contributed by atoms with Crippen molar-refractivity contribution in [1.29, 1.82) is 0 Å². The molecular formula is C18H22N2O2. The van der Waals surface area contributed by atoms with Gasteiger partial charge >= 0.3 is 0 Å². The zero-order valence-electron chi connectivity index (χ0n) is 13.0. The lowest BCUT2D eigenvalue weighted by molar-refractivity contribution is -0.0147. The van der Waals surface area contributed by atoms with E-state index in [1.165, 1.54) is 12.0 Å². The van der Waals surface area contributed by atoms with E-state index < -0.39 is 0 Å². The first-order chi connectivity index (χ1) is 10.7. The van der Waals surface area contributed by atoms with E-state index in [1.54, 1.807) is 6.26 Å². The predicted molar refractivity (Wildman–Crippen MR) is 83.5 cm³/mol. The van der Waals surface area contributed by atoms with E-state index in [-0.39, 0.29) is 0 Å². The third-order valence-electron chi connectivity index (χ3n) is 4.76. The van der Waals surface area contributed by atoms with Gasteiger partial charge in [0.1, 0.15) is 6.26 Å². The fraction of sp³-hybridized carbons (Fsp3) is 0.500. The number of hydrogen-bond donors (Lipinski definition) is 0. The van der Waals surface area contributed by atoms with Crippen LogP contribution >= 0.6 is 0 Å². The number of likely N-dealkylation sites (tertiary alicyclic amines) is 1. The van der Waals surface area contributed by atoms with Gasteiger partial charge in [-0.3, -0.25) is 4.90 Å². The lowest BCUT2D eigenvalue weighted by atomic mass is 9.77. The standard InChI is InChI=1S/C18H22N2O2/c1-14-19-16(10-21-14)9-20-11-18(12-20)8-17(22-13-18)7-15-5-3-2-4-6-15/h2-6,10,17H,7-9,11-13H2,1H3/t17-/m0/s1. The highest BCUT2D eigenvalue weighted by molar-refractivity contribution is 5.16. The van der Waals surface area contributed by atoms with Crippen molar-refractivity contribution in [3.05, 3.63) is 53.7 Å². The van der Waals surface area contributed by atoms with Crippen LogP contribution in [-0.2, 0) is 17.7 Å². The molecule has 4 rings (SSSR count). The third kappa shape index (κ3) is 2.81. The van der Waals surface area contributed by atoms with E-state index in [1.807, 2.05) is 6.92 Å². The van der Waals surface area contributed by atoms with Crippen LogP contribution in [0.1, 0.15) is 23.6 Å². The lowest BCUT2D eigenvalue weighted by Crippen LogP contribution is -2.56. The Morgan fingerprint density at radius 1 is 1.27 bits per heavy atom. The molecule has 1 aromatic heterocycles. The van der Waals surface area contributed by atoms with Crippen molar-refractivity contribution in [2.24, 2.45) is 5.41 Å². The number of oxazole rings is 1. The topological polar surface area (TPSA) is 38.5 Å². The minimum absolute atomic E-state index is 0.373. The van der Waals surface area contributed by atoms with Crippen molar-refractivity contribution in [3.63, 3.8) is 0 Å². The molecule has 2 aliphatic rings. The van der Waals surface area contributed by atoms with Gasteiger partial charge in [-0.2, -0.15) is 0 Å². The van der Waals surface area contributed by atoms with E-state index in [0.717, 1.165) is 44.2 Å². The van der Waals surface area contributed by atoms with Crippen molar-refractivity contribution >= 4 is 0 Å². The second-order valence-corrected chi connectivity index (χ2v) is 6.83. The average molecular weight is 298 g/mol. The maximum Gasteiger partial charge on any atom is 0.191 e. The van der Waals surface area contributed by atoms with Gasteiger partial charge in [0.15, 0.2) is 5.89 Å². The van der Waals surface area contributed by atoms with Gasteiger partial charge < -0.3 is 9.15 Å². The van der Waals surface area contributed by atoms with Crippen LogP contribution in [0.5, 0.6) is 0 Å². The van der Waals surface area contributed by atoms with Crippen molar-refractivity contribution in [2.75, 3.05) is 19.7 Å². The molecule has 3 heterocycles. The van der Waals surface area contributed by atoms with Gasteiger partial charge in [-0.25, -0.2) is 4.98 Å². The Morgan fingerprint density at radius 2 is 2.09 bits per heavy atom. The first-order valence-corrected chi connectivity index (χ1v) is 8.00. The second kappa shape index (κ2) is 5.52. The number of nitrogens with zero attached hydrogens (tertiary/aromatic N) is 2. The Bertz CT molecular complexity index is 632. The van der Waals surface area contributed by atoms with E-state index in [9.17, 15) is 0 Å². The minimum atomic E-state index is 0.373. The summed E-state index contributed by atoms with van der Waals surface area (Å²) in [5, 5.41) is 0. The Kier molecular flexibility index (Phi) is 3.51. The monoisotopic (exact) mass is 298 g/mol. The Labute approximate surface area is 131 Å². The average Bonchev–Trinajstić information content (AvgIpc) is 3.07. The van der Waals surface area contributed by atoms with Gasteiger partial charge in [0.2, 0.25) is 0 Å². The molecule has 116 valence electrons. The molecule has 0 radical (unpaired) electrons. The summed E-state index contributed by atoms with van der Waals surface area (Å²) in [6, 6.07) is 10.6. The van der Waals surface area contributed by atoms with E-state index >= 15 is 0 Å². The SMILES string of the molecule is Cc1nc(CN2CC3(CO[C@@H](Cc4ccccc4)C3)C2)co1. The smallest absolute Gasteiger partial charge is 0.191 e. The summed E-state index contributed by atoms with van der Waals surface area (Å²) >= 11 is 0. The minimum Gasteiger partial charge on any atom is -0.449 e. The maximum atomic E-state index is 6.06. The number of aromatic nitrogens is 1. The van der Waals surface area contributed by atoms with Crippen molar-refractivity contribution in [3.8, 4) is 0 Å². The highest BCUT2D eigenvalue weighted by atomic mass is 16.5. The van der Waals surface area contributed by atoms with Gasteiger partial charge in [0, 0.05) is 32.0 Å². The first-order valence-electron chi connectivity index (χ1n) is 8.00. The van der Waals surface area contributed by atoms with E-state index in [4.69, 9.17) is 9.15 Å². The summed E-state index contributed by atoms with van der Waals surface area (Å²) in [5.74, 6) is 0.748. The second-order valence-electron chi connectivity index (χ2n) is 6.83. The van der Waals surface area contributed by atoms with Gasteiger partial charge in [-0.05, 0) is 18.4 Å². The molecule has 0 saturated carbocycles. The molecule has 4 heteroatoms. The van der Waals surface area contributed by atoms with Gasteiger partial charge in [0.05, 0.1) is 18.4 Å². The van der Waals surface area contributed by atoms with Crippen LogP contribution in [0.25, 0.3) is 0 Å². The molecule has 0 N–H and O–H groups in total. The molecule has 0 aliphatic carbocycles. The molecule has 4 nitrogen and oxygen atoms in total. The molecule has 0 bridgehead atoms. The maximum absolute atomic E-state index is 6.06. The van der Waals surface area contributed by atoms with E-state index in [0.29, 0.717) is 11.5 Å². The van der Waals surface area contributed by atoms with Crippen molar-refractivity contribution < 1.29 is 9.15 Å². The van der Waals surface area contributed by atoms with Crippen molar-refractivity contribution in [2.45, 2.75) is 32.4 Å². The van der Waals surface area contributed by atoms with Crippen LogP contribution in [0.2, 0.25) is 0 Å². The fourth-order valence-electron chi connectivity index (χ4n) is 3.85. The molecule has 2 fully saturated rings. The van der Waals surface area contributed by atoms with Crippen molar-refractivity contribution in [1.82, 2.24) is 9.88 Å². The molecule has 2 aromatic rings. The van der Waals surface area contributed by atoms with Crippen LogP contribution in [0.3, 0.4) is 0 Å². The van der Waals surface area contributed by atoms with Crippen LogP contribution in [0, 0.1) is 12.3 Å². The van der Waals surface area contributed by atoms with Gasteiger partial charge in [-0.1, -0.05) is 30.3 Å². The van der Waals surface area contributed by atoms with Crippen LogP contribution < -0.4 is 0 Å². The Balaban J connectivity index is 1.29. The summed E-state index contributed by atoms with van der Waals surface area (Å²) in [4.78, 5) is 6.81. The third-order valence-corrected chi connectivity index (χ3v) is 4.76. The van der Waals surface area contributed by atoms with Crippen LogP contribution in [0.4, 0.5) is 0 Å². The molecule has 2 aliphatic heterocycles. The highest BCUT2D eigenvalue weighted by Gasteiger charge is 2.48. The number of benzene rings is 1. The molecule has 1 aromatic carbocycles. The summed E-state index contributed by atoms with van der Waals surface area (Å²) in [7, 11) is 0. The summed E-state index contributed by atoms with van der Waals surface area (Å²) < 4.78 is 11.3. The number of aryl methyl sites for hydroxylation is 1. The molecule has 22 heavy (non-hydrogen) atoms. The molecule has 0 unspecified atom stereocenters. The number of rotatable bonds is 4. The zero-order valence-corrected chi connectivity index (χ0v) is 13.0. The normalized spacial score (nSPS) is 23.8. The summed E-state index contributed by atoms with van der Waals surface area (Å²) in [6.45, 7) is 5.91. The quantitative estimate of drug-likeness (QED) is 0.870. The van der Waals surface area contributed by atoms with Crippen LogP contribution in [-0.4, -0.2) is 35.7 Å². The molecule has 2 saturated heterocycles. The highest BCUT2D eigenvalue weighted by Crippen LogP contribution is 2.42. The largest absolute Gasteiger partial charge is 0.449 e. The molecule has 1 spiro atoms. The molecule has 0 amide bonds. The zero-order chi connectivity index (χ0) is 15.0. The number of ether oxygens (including phenoxy) is 1. The Hall–Kier alpha value is -1.65. The summed E-state index contributed by atoms with van der Waals surface area (Å²) in [5.41, 5.74) is 2.78. The molecule has 1 atom stereocenters. The van der Waals surface area contributed by atoms with Crippen LogP contribution in [0.15, 0.2) is 41.0 Å². The van der Waals surface area contributed by atoms with Gasteiger partial charge in [-0.15, -0.1) is 0 Å². The lowest BCUT2D eigenvalue weighted by Gasteiger charge is -2.47. The first kappa shape index (κ1) is 14.0. The number of hydrogen-bond acceptors (Lipinski definition) is 4. The Morgan fingerprint density at radius 3 is 2.82 bits per heavy atom. The van der Waals surface area contributed by atoms with Gasteiger partial charge in [0.25, 0.3) is 0 Å². The predicted octanol–water partition coefficient (Wildman–Crippen LogP) is 2.82.